The van der Waals surface area contributed by atoms with E-state index in [1.165, 1.54) is 11.7 Å². The fourth-order valence-electron chi connectivity index (χ4n) is 2.70. The van der Waals surface area contributed by atoms with Gasteiger partial charge in [0.15, 0.2) is 0 Å². The molecule has 0 radical (unpaired) electrons. The normalized spacial score (nSPS) is 12.7. The minimum absolute atomic E-state index is 0.334. The SMILES string of the molecule is C[C@@H](CCn1cccn1)n1ccnc1-c1ccc2nsnc2c1. The topological polar surface area (TPSA) is 61.4 Å². The van der Waals surface area contributed by atoms with Crippen LogP contribution in [-0.4, -0.2) is 28.1 Å². The average molecular weight is 324 g/mol. The van der Waals surface area contributed by atoms with Crippen LogP contribution in [0.3, 0.4) is 0 Å². The van der Waals surface area contributed by atoms with Gasteiger partial charge in [0.05, 0.1) is 11.7 Å². The molecule has 0 fully saturated rings. The minimum Gasteiger partial charge on any atom is -0.328 e. The van der Waals surface area contributed by atoms with Gasteiger partial charge in [0, 0.05) is 42.9 Å². The van der Waals surface area contributed by atoms with Crippen molar-refractivity contribution in [2.45, 2.75) is 25.9 Å². The number of hydrogen-bond donors (Lipinski definition) is 0. The molecule has 4 aromatic rings. The molecule has 6 nitrogen and oxygen atoms in total. The monoisotopic (exact) mass is 324 g/mol. The van der Waals surface area contributed by atoms with Crippen LogP contribution in [0.25, 0.3) is 22.4 Å². The van der Waals surface area contributed by atoms with Gasteiger partial charge < -0.3 is 4.57 Å². The number of hydrogen-bond acceptors (Lipinski definition) is 5. The van der Waals surface area contributed by atoms with E-state index in [9.17, 15) is 0 Å². The molecule has 0 aliphatic carbocycles. The Hall–Kier alpha value is -2.54. The van der Waals surface area contributed by atoms with Crippen molar-refractivity contribution >= 4 is 22.8 Å². The van der Waals surface area contributed by atoms with E-state index in [0.717, 1.165) is 35.4 Å². The zero-order chi connectivity index (χ0) is 15.6. The molecule has 7 heteroatoms. The van der Waals surface area contributed by atoms with Crippen molar-refractivity contribution < 1.29 is 0 Å². The van der Waals surface area contributed by atoms with E-state index < -0.39 is 0 Å². The molecule has 0 saturated heterocycles. The van der Waals surface area contributed by atoms with Crippen LogP contribution in [0, 0.1) is 0 Å². The molecule has 0 aliphatic rings. The third-order valence-corrected chi connectivity index (χ3v) is 4.55. The van der Waals surface area contributed by atoms with E-state index in [2.05, 4.69) is 42.5 Å². The lowest BCUT2D eigenvalue weighted by Crippen LogP contribution is -2.10. The number of nitrogens with zero attached hydrogens (tertiary/aromatic N) is 6. The van der Waals surface area contributed by atoms with Crippen LogP contribution >= 0.6 is 11.7 Å². The van der Waals surface area contributed by atoms with Crippen molar-refractivity contribution in [1.29, 1.82) is 0 Å². The summed E-state index contributed by atoms with van der Waals surface area (Å²) in [4.78, 5) is 4.54. The summed E-state index contributed by atoms with van der Waals surface area (Å²) in [6.45, 7) is 3.10. The molecule has 0 amide bonds. The summed E-state index contributed by atoms with van der Waals surface area (Å²) < 4.78 is 12.7. The van der Waals surface area contributed by atoms with Gasteiger partial charge in [0.2, 0.25) is 0 Å². The van der Waals surface area contributed by atoms with E-state index in [1.54, 1.807) is 0 Å². The summed E-state index contributed by atoms with van der Waals surface area (Å²) in [6, 6.07) is 8.40. The van der Waals surface area contributed by atoms with Crippen molar-refractivity contribution in [2.24, 2.45) is 0 Å². The smallest absolute Gasteiger partial charge is 0.140 e. The van der Waals surface area contributed by atoms with Gasteiger partial charge in [0.1, 0.15) is 16.9 Å². The highest BCUT2D eigenvalue weighted by molar-refractivity contribution is 7.00. The maximum atomic E-state index is 4.54. The van der Waals surface area contributed by atoms with Gasteiger partial charge >= 0.3 is 0 Å². The molecular weight excluding hydrogens is 308 g/mol. The summed E-state index contributed by atoms with van der Waals surface area (Å²) in [7, 11) is 0. The van der Waals surface area contributed by atoms with Crippen LogP contribution in [-0.2, 0) is 6.54 Å². The van der Waals surface area contributed by atoms with Crippen LogP contribution in [0.4, 0.5) is 0 Å². The first-order valence-corrected chi connectivity index (χ1v) is 8.27. The maximum absolute atomic E-state index is 4.54. The fraction of sp³-hybridized carbons (Fsp3) is 0.250. The molecule has 4 rings (SSSR count). The minimum atomic E-state index is 0.334. The highest BCUT2D eigenvalue weighted by Crippen LogP contribution is 2.25. The zero-order valence-electron chi connectivity index (χ0n) is 12.7. The predicted molar refractivity (Wildman–Crippen MR) is 90.2 cm³/mol. The molecule has 0 unspecified atom stereocenters. The molecule has 0 N–H and O–H groups in total. The molecule has 0 spiro atoms. The molecule has 1 aromatic carbocycles. The van der Waals surface area contributed by atoms with E-state index in [-0.39, 0.29) is 0 Å². The van der Waals surface area contributed by atoms with Crippen LogP contribution in [0.5, 0.6) is 0 Å². The van der Waals surface area contributed by atoms with Gasteiger partial charge in [0.25, 0.3) is 0 Å². The van der Waals surface area contributed by atoms with Gasteiger partial charge in [-0.2, -0.15) is 13.8 Å². The fourth-order valence-corrected chi connectivity index (χ4v) is 3.22. The summed E-state index contributed by atoms with van der Waals surface area (Å²) in [5.74, 6) is 0.966. The average Bonchev–Trinajstić information content (AvgIpc) is 3.32. The number of imidazole rings is 1. The lowest BCUT2D eigenvalue weighted by atomic mass is 10.1. The van der Waals surface area contributed by atoms with Gasteiger partial charge in [-0.3, -0.25) is 4.68 Å². The van der Waals surface area contributed by atoms with Crippen molar-refractivity contribution in [3.8, 4) is 11.4 Å². The van der Waals surface area contributed by atoms with Gasteiger partial charge in [-0.15, -0.1) is 0 Å². The Morgan fingerprint density at radius 1 is 1.13 bits per heavy atom. The second kappa shape index (κ2) is 5.92. The largest absolute Gasteiger partial charge is 0.328 e. The first-order chi connectivity index (χ1) is 11.3. The number of aromatic nitrogens is 6. The second-order valence-electron chi connectivity index (χ2n) is 5.53. The van der Waals surface area contributed by atoms with Crippen LogP contribution in [0.2, 0.25) is 0 Å². The van der Waals surface area contributed by atoms with Crippen molar-refractivity contribution in [2.75, 3.05) is 0 Å². The Bertz CT molecular complexity index is 908. The van der Waals surface area contributed by atoms with Crippen LogP contribution in [0.1, 0.15) is 19.4 Å². The summed E-state index contributed by atoms with van der Waals surface area (Å²) >= 11 is 1.24. The highest BCUT2D eigenvalue weighted by atomic mass is 32.1. The van der Waals surface area contributed by atoms with Crippen molar-refractivity contribution in [3.05, 3.63) is 49.1 Å². The van der Waals surface area contributed by atoms with E-state index in [1.807, 2.05) is 41.6 Å². The molecular formula is C16H16N6S. The maximum Gasteiger partial charge on any atom is 0.140 e. The lowest BCUT2D eigenvalue weighted by Gasteiger charge is -2.16. The van der Waals surface area contributed by atoms with E-state index in [4.69, 9.17) is 0 Å². The Morgan fingerprint density at radius 3 is 2.91 bits per heavy atom. The predicted octanol–water partition coefficient (Wildman–Crippen LogP) is 3.40. The molecule has 0 saturated carbocycles. The number of benzene rings is 1. The number of rotatable bonds is 5. The first kappa shape index (κ1) is 14.1. The van der Waals surface area contributed by atoms with Gasteiger partial charge in [-0.1, -0.05) is 0 Å². The third kappa shape index (κ3) is 2.75. The van der Waals surface area contributed by atoms with E-state index >= 15 is 0 Å². The highest BCUT2D eigenvalue weighted by Gasteiger charge is 2.13. The summed E-state index contributed by atoms with van der Waals surface area (Å²) in [6.07, 6.45) is 8.68. The van der Waals surface area contributed by atoms with Crippen LogP contribution in [0.15, 0.2) is 49.1 Å². The number of aryl methyl sites for hydroxylation is 1. The third-order valence-electron chi connectivity index (χ3n) is 3.99. The van der Waals surface area contributed by atoms with Gasteiger partial charge in [-0.25, -0.2) is 4.98 Å². The molecule has 3 aromatic heterocycles. The molecule has 0 bridgehead atoms. The Kier molecular flexibility index (Phi) is 3.63. The zero-order valence-corrected chi connectivity index (χ0v) is 13.5. The Balaban J connectivity index is 1.59. The molecule has 3 heterocycles. The lowest BCUT2D eigenvalue weighted by molar-refractivity contribution is 0.449. The molecule has 23 heavy (non-hydrogen) atoms. The Morgan fingerprint density at radius 2 is 2.04 bits per heavy atom. The van der Waals surface area contributed by atoms with Gasteiger partial charge in [-0.05, 0) is 37.6 Å². The van der Waals surface area contributed by atoms with E-state index in [0.29, 0.717) is 6.04 Å². The second-order valence-corrected chi connectivity index (χ2v) is 6.06. The number of fused-ring (bicyclic) bond motifs is 1. The standard InChI is InChI=1S/C16H16N6S/c1-12(5-9-21-8-2-6-18-21)22-10-7-17-16(22)13-3-4-14-15(11-13)20-23-19-14/h2-4,6-8,10-12H,5,9H2,1H3/t12-/m0/s1. The quantitative estimate of drug-likeness (QED) is 0.564. The molecule has 1 atom stereocenters. The Labute approximate surface area is 137 Å². The summed E-state index contributed by atoms with van der Waals surface area (Å²) in [5.41, 5.74) is 2.93. The first-order valence-electron chi connectivity index (χ1n) is 7.54. The molecule has 116 valence electrons. The van der Waals surface area contributed by atoms with Crippen molar-refractivity contribution in [1.82, 2.24) is 28.1 Å². The summed E-state index contributed by atoms with van der Waals surface area (Å²) in [5, 5.41) is 4.26. The molecule has 0 aliphatic heterocycles. The van der Waals surface area contributed by atoms with Crippen molar-refractivity contribution in [3.63, 3.8) is 0 Å². The van der Waals surface area contributed by atoms with Crippen LogP contribution < -0.4 is 0 Å².